The number of aliphatic hydroxyl groups excluding tert-OH is 1. The number of ether oxygens (including phenoxy) is 1. The molecule has 0 aromatic heterocycles. The van der Waals surface area contributed by atoms with Crippen LogP contribution in [0.4, 0.5) is 11.4 Å². The normalized spacial score (nSPS) is 16.3. The number of carbonyl (C=O) groups excluding carboxylic acids is 2. The Hall–Kier alpha value is -2.12. The molecule has 0 aliphatic carbocycles. The van der Waals surface area contributed by atoms with E-state index in [0.717, 1.165) is 11.4 Å². The molecule has 1 aromatic rings. The quantitative estimate of drug-likeness (QED) is 0.686. The Morgan fingerprint density at radius 1 is 1.36 bits per heavy atom. The summed E-state index contributed by atoms with van der Waals surface area (Å²) in [5, 5.41) is 15.3. The lowest BCUT2D eigenvalue weighted by atomic mass is 10.2. The van der Waals surface area contributed by atoms with Crippen LogP contribution in [0.5, 0.6) is 0 Å². The highest BCUT2D eigenvalue weighted by atomic mass is 16.5. The summed E-state index contributed by atoms with van der Waals surface area (Å²) in [7, 11) is 0. The van der Waals surface area contributed by atoms with E-state index in [2.05, 4.69) is 10.6 Å². The number of rotatable bonds is 6. The van der Waals surface area contributed by atoms with Gasteiger partial charge in [-0.05, 0) is 24.3 Å². The van der Waals surface area contributed by atoms with Crippen LogP contribution < -0.4 is 15.5 Å². The van der Waals surface area contributed by atoms with E-state index in [9.17, 15) is 14.7 Å². The lowest BCUT2D eigenvalue weighted by molar-refractivity contribution is -0.125. The van der Waals surface area contributed by atoms with E-state index in [0.29, 0.717) is 19.7 Å². The van der Waals surface area contributed by atoms with Crippen molar-refractivity contribution in [3.63, 3.8) is 0 Å². The van der Waals surface area contributed by atoms with Gasteiger partial charge < -0.3 is 25.4 Å². The average molecular weight is 307 g/mol. The number of hydrogen-bond donors (Lipinski definition) is 3. The van der Waals surface area contributed by atoms with Crippen LogP contribution in [0.2, 0.25) is 0 Å². The maximum Gasteiger partial charge on any atom is 0.253 e. The van der Waals surface area contributed by atoms with E-state index >= 15 is 0 Å². The summed E-state index contributed by atoms with van der Waals surface area (Å²) in [5.41, 5.74) is 1.67. The number of benzene rings is 1. The second-order valence-electron chi connectivity index (χ2n) is 5.12. The summed E-state index contributed by atoms with van der Waals surface area (Å²) in [6.45, 7) is 3.17. The topological polar surface area (TPSA) is 90.9 Å². The molecule has 0 bridgehead atoms. The molecule has 1 saturated heterocycles. The van der Waals surface area contributed by atoms with E-state index in [-0.39, 0.29) is 25.0 Å². The molecule has 2 amide bonds. The van der Waals surface area contributed by atoms with Gasteiger partial charge in [0.2, 0.25) is 5.91 Å². The van der Waals surface area contributed by atoms with E-state index < -0.39 is 6.10 Å². The van der Waals surface area contributed by atoms with Crippen LogP contribution in [0.25, 0.3) is 0 Å². The Morgan fingerprint density at radius 2 is 2.09 bits per heavy atom. The van der Waals surface area contributed by atoms with Crippen molar-refractivity contribution < 1.29 is 19.4 Å². The van der Waals surface area contributed by atoms with Crippen LogP contribution >= 0.6 is 0 Å². The van der Waals surface area contributed by atoms with Gasteiger partial charge in [-0.2, -0.15) is 0 Å². The van der Waals surface area contributed by atoms with E-state index in [1.165, 1.54) is 6.92 Å². The minimum absolute atomic E-state index is 0.0438. The van der Waals surface area contributed by atoms with E-state index in [4.69, 9.17) is 4.74 Å². The molecule has 1 heterocycles. The molecule has 1 unspecified atom stereocenters. The minimum atomic E-state index is -0.663. The maximum absolute atomic E-state index is 11.7. The number of amides is 2. The van der Waals surface area contributed by atoms with Gasteiger partial charge in [-0.3, -0.25) is 9.59 Å². The average Bonchev–Trinajstić information content (AvgIpc) is 2.52. The first-order chi connectivity index (χ1) is 10.6. The summed E-state index contributed by atoms with van der Waals surface area (Å²) in [5.74, 6) is -0.212. The SMILES string of the molecule is CC(=O)NCC(O)CNc1ccc(N2CCOCC2=O)cc1. The fourth-order valence-electron chi connectivity index (χ4n) is 2.12. The molecular weight excluding hydrogens is 286 g/mol. The number of aliphatic hydroxyl groups is 1. The highest BCUT2D eigenvalue weighted by Gasteiger charge is 2.19. The maximum atomic E-state index is 11.7. The van der Waals surface area contributed by atoms with Crippen LogP contribution in [-0.2, 0) is 14.3 Å². The Labute approximate surface area is 129 Å². The zero-order chi connectivity index (χ0) is 15.9. The number of carbonyl (C=O) groups is 2. The van der Waals surface area contributed by atoms with Crippen molar-refractivity contribution in [2.24, 2.45) is 0 Å². The van der Waals surface area contributed by atoms with Crippen LogP contribution in [0.1, 0.15) is 6.92 Å². The predicted octanol–water partition coefficient (Wildman–Crippen LogP) is -0.0413. The summed E-state index contributed by atoms with van der Waals surface area (Å²) >= 11 is 0. The standard InChI is InChI=1S/C15H21N3O4/c1-11(19)16-8-14(20)9-17-12-2-4-13(5-3-12)18-6-7-22-10-15(18)21/h2-5,14,17,20H,6-10H2,1H3,(H,16,19). The number of nitrogens with zero attached hydrogens (tertiary/aromatic N) is 1. The third kappa shape index (κ3) is 4.71. The van der Waals surface area contributed by atoms with Gasteiger partial charge in [0.25, 0.3) is 5.91 Å². The molecule has 120 valence electrons. The lowest BCUT2D eigenvalue weighted by Crippen LogP contribution is -2.41. The van der Waals surface area contributed by atoms with Gasteiger partial charge in [-0.15, -0.1) is 0 Å². The van der Waals surface area contributed by atoms with Gasteiger partial charge in [0, 0.05) is 37.9 Å². The highest BCUT2D eigenvalue weighted by molar-refractivity contribution is 5.94. The van der Waals surface area contributed by atoms with Crippen molar-refractivity contribution in [1.82, 2.24) is 5.32 Å². The van der Waals surface area contributed by atoms with Gasteiger partial charge in [0.1, 0.15) is 6.61 Å². The minimum Gasteiger partial charge on any atom is -0.389 e. The summed E-state index contributed by atoms with van der Waals surface area (Å²) in [6, 6.07) is 7.41. The second-order valence-corrected chi connectivity index (χ2v) is 5.12. The zero-order valence-electron chi connectivity index (χ0n) is 12.5. The van der Waals surface area contributed by atoms with Gasteiger partial charge >= 0.3 is 0 Å². The molecule has 0 saturated carbocycles. The molecule has 22 heavy (non-hydrogen) atoms. The van der Waals surface area contributed by atoms with Crippen LogP contribution in [-0.4, -0.2) is 55.9 Å². The summed E-state index contributed by atoms with van der Waals surface area (Å²) in [4.78, 5) is 24.2. The number of hydrogen-bond acceptors (Lipinski definition) is 5. The third-order valence-corrected chi connectivity index (χ3v) is 3.29. The van der Waals surface area contributed by atoms with E-state index in [1.807, 2.05) is 24.3 Å². The Kier molecular flexibility index (Phi) is 5.74. The van der Waals surface area contributed by atoms with Crippen molar-refractivity contribution in [3.8, 4) is 0 Å². The molecule has 7 nitrogen and oxygen atoms in total. The molecule has 1 fully saturated rings. The van der Waals surface area contributed by atoms with Crippen molar-refractivity contribution in [2.75, 3.05) is 43.1 Å². The van der Waals surface area contributed by atoms with Crippen molar-refractivity contribution in [3.05, 3.63) is 24.3 Å². The number of morpholine rings is 1. The van der Waals surface area contributed by atoms with Crippen molar-refractivity contribution in [1.29, 1.82) is 0 Å². The van der Waals surface area contributed by atoms with Crippen LogP contribution in [0, 0.1) is 0 Å². The molecule has 1 atom stereocenters. The first-order valence-corrected chi connectivity index (χ1v) is 7.21. The molecule has 1 aromatic carbocycles. The number of nitrogens with one attached hydrogen (secondary N) is 2. The first-order valence-electron chi connectivity index (χ1n) is 7.21. The van der Waals surface area contributed by atoms with Gasteiger partial charge in [0.15, 0.2) is 0 Å². The summed E-state index contributed by atoms with van der Waals surface area (Å²) in [6.07, 6.45) is -0.663. The Morgan fingerprint density at radius 3 is 2.73 bits per heavy atom. The van der Waals surface area contributed by atoms with Gasteiger partial charge in [-0.1, -0.05) is 0 Å². The smallest absolute Gasteiger partial charge is 0.253 e. The van der Waals surface area contributed by atoms with Gasteiger partial charge in [0.05, 0.1) is 12.7 Å². The molecule has 2 rings (SSSR count). The molecule has 7 heteroatoms. The first kappa shape index (κ1) is 16.3. The zero-order valence-corrected chi connectivity index (χ0v) is 12.5. The summed E-state index contributed by atoms with van der Waals surface area (Å²) < 4.78 is 5.10. The largest absolute Gasteiger partial charge is 0.389 e. The predicted molar refractivity (Wildman–Crippen MR) is 82.8 cm³/mol. The van der Waals surface area contributed by atoms with Crippen LogP contribution in [0.15, 0.2) is 24.3 Å². The monoisotopic (exact) mass is 307 g/mol. The number of anilines is 2. The molecule has 1 aliphatic heterocycles. The molecule has 1 aliphatic rings. The molecule has 0 spiro atoms. The van der Waals surface area contributed by atoms with Crippen LogP contribution in [0.3, 0.4) is 0 Å². The van der Waals surface area contributed by atoms with E-state index in [1.54, 1.807) is 4.90 Å². The Balaban J connectivity index is 1.84. The third-order valence-electron chi connectivity index (χ3n) is 3.29. The molecule has 3 N–H and O–H groups in total. The fourth-order valence-corrected chi connectivity index (χ4v) is 2.12. The van der Waals surface area contributed by atoms with Gasteiger partial charge in [-0.25, -0.2) is 0 Å². The van der Waals surface area contributed by atoms with Crippen molar-refractivity contribution in [2.45, 2.75) is 13.0 Å². The fraction of sp³-hybridized carbons (Fsp3) is 0.467. The second kappa shape index (κ2) is 7.77. The highest BCUT2D eigenvalue weighted by Crippen LogP contribution is 2.19. The van der Waals surface area contributed by atoms with Crippen molar-refractivity contribution >= 4 is 23.2 Å². The Bertz CT molecular complexity index is 518. The molecule has 0 radical (unpaired) electrons. The lowest BCUT2D eigenvalue weighted by Gasteiger charge is -2.27. The molecular formula is C15H21N3O4.